The van der Waals surface area contributed by atoms with Gasteiger partial charge in [0.25, 0.3) is 0 Å². The highest BCUT2D eigenvalue weighted by Crippen LogP contribution is 2.61. The van der Waals surface area contributed by atoms with Gasteiger partial charge in [0.15, 0.2) is 0 Å². The highest BCUT2D eigenvalue weighted by molar-refractivity contribution is 14.1. The Hall–Kier alpha value is -1.05. The summed E-state index contributed by atoms with van der Waals surface area (Å²) in [7, 11) is -4.75. The average Bonchev–Trinajstić information content (AvgIpc) is 3.58. The molecule has 45 heavy (non-hydrogen) atoms. The van der Waals surface area contributed by atoms with E-state index in [2.05, 4.69) is 67.8 Å². The molecule has 0 radical (unpaired) electrons. The Labute approximate surface area is 301 Å². The quantitative estimate of drug-likeness (QED) is 0.114. The fraction of sp³-hybridized carbons (Fsp3) is 0.531. The fourth-order valence-corrected chi connectivity index (χ4v) is 13.1. The maximum atomic E-state index is 13.9. The van der Waals surface area contributed by atoms with E-state index in [1.807, 2.05) is 12.1 Å². The first-order chi connectivity index (χ1) is 21.4. The van der Waals surface area contributed by atoms with Crippen molar-refractivity contribution in [2.24, 2.45) is 47.3 Å². The molecule has 0 amide bonds. The minimum atomic E-state index is -4.75. The van der Waals surface area contributed by atoms with E-state index in [9.17, 15) is 27.4 Å². The van der Waals surface area contributed by atoms with Crippen LogP contribution in [0.2, 0.25) is 0 Å². The van der Waals surface area contributed by atoms with Crippen LogP contribution in [-0.2, 0) is 29.2 Å². The Kier molecular flexibility index (Phi) is 7.81. The third kappa shape index (κ3) is 5.09. The molecule has 7 aliphatic rings. The van der Waals surface area contributed by atoms with Gasteiger partial charge < -0.3 is 18.8 Å². The zero-order chi connectivity index (χ0) is 31.5. The van der Waals surface area contributed by atoms with Crippen LogP contribution in [0.15, 0.2) is 35.2 Å². The molecule has 6 saturated carbocycles. The van der Waals surface area contributed by atoms with Gasteiger partial charge in [-0.3, -0.25) is 9.59 Å². The number of rotatable bonds is 6. The van der Waals surface area contributed by atoms with Crippen LogP contribution in [0.1, 0.15) is 60.4 Å². The monoisotopic (exact) mass is 969 g/mol. The van der Waals surface area contributed by atoms with Gasteiger partial charge in [-0.2, -0.15) is 0 Å². The van der Waals surface area contributed by atoms with Gasteiger partial charge in [-0.05, 0) is 172 Å². The van der Waals surface area contributed by atoms with Gasteiger partial charge >= 0.3 is 17.9 Å². The second-order valence-electron chi connectivity index (χ2n) is 13.6. The summed E-state index contributed by atoms with van der Waals surface area (Å²) in [6.45, 7) is 0. The summed E-state index contributed by atoms with van der Waals surface area (Å²) in [5, 5.41) is 0. The highest BCUT2D eigenvalue weighted by atomic mass is 127. The van der Waals surface area contributed by atoms with Crippen LogP contribution in [0.25, 0.3) is 0 Å². The summed E-state index contributed by atoms with van der Waals surface area (Å²) >= 11 is 6.37. The molecule has 238 valence electrons. The van der Waals surface area contributed by atoms with Crippen LogP contribution in [0.3, 0.4) is 0 Å². The van der Waals surface area contributed by atoms with E-state index in [1.165, 1.54) is 18.6 Å². The van der Waals surface area contributed by atoms with Crippen molar-refractivity contribution < 1.29 is 41.6 Å². The first-order valence-electron chi connectivity index (χ1n) is 15.3. The van der Waals surface area contributed by atoms with Crippen LogP contribution in [0.4, 0.5) is 0 Å². The Bertz CT molecular complexity index is 1730. The van der Waals surface area contributed by atoms with Crippen molar-refractivity contribution in [3.8, 4) is 5.75 Å². The van der Waals surface area contributed by atoms with Crippen LogP contribution < -0.4 is 4.74 Å². The van der Waals surface area contributed by atoms with E-state index in [0.717, 1.165) is 36.4 Å². The number of halogens is 3. The second kappa shape index (κ2) is 11.3. The Morgan fingerprint density at radius 2 is 1.53 bits per heavy atom. The van der Waals surface area contributed by atoms with Crippen molar-refractivity contribution in [3.05, 3.63) is 52.2 Å². The predicted molar refractivity (Wildman–Crippen MR) is 182 cm³/mol. The number of esters is 3. The largest absolute Gasteiger partial charge is 0.744 e. The molecule has 0 spiro atoms. The van der Waals surface area contributed by atoms with E-state index < -0.39 is 58.0 Å². The Balaban J connectivity index is 1.07. The lowest BCUT2D eigenvalue weighted by Gasteiger charge is -2.55. The highest BCUT2D eigenvalue weighted by Gasteiger charge is 2.70. The number of carbonyl (C=O) groups excluding carboxylic acids is 3. The molecular formula is C32H28I3O9S-. The number of benzene rings is 2. The van der Waals surface area contributed by atoms with Gasteiger partial charge in [0.2, 0.25) is 0 Å². The molecule has 0 N–H and O–H groups in total. The van der Waals surface area contributed by atoms with Crippen LogP contribution >= 0.6 is 67.8 Å². The zero-order valence-electron chi connectivity index (χ0n) is 23.7. The van der Waals surface area contributed by atoms with E-state index in [4.69, 9.17) is 14.2 Å². The number of hydrogen-bond acceptors (Lipinski definition) is 9. The van der Waals surface area contributed by atoms with Crippen molar-refractivity contribution in [1.29, 1.82) is 0 Å². The van der Waals surface area contributed by atoms with Gasteiger partial charge in [0, 0.05) is 22.5 Å². The number of carbonyl (C=O) groups is 3. The molecule has 1 heterocycles. The molecule has 7 fully saturated rings. The minimum absolute atomic E-state index is 0.0707. The lowest BCUT2D eigenvalue weighted by Crippen LogP contribution is -2.44. The van der Waals surface area contributed by atoms with Gasteiger partial charge in [-0.15, -0.1) is 0 Å². The second-order valence-corrected chi connectivity index (χ2v) is 18.4. The molecule has 2 aromatic rings. The topological polar surface area (TPSA) is 136 Å². The van der Waals surface area contributed by atoms with Gasteiger partial charge in [0.1, 0.15) is 28.1 Å². The number of ether oxygens (including phenoxy) is 3. The molecular weight excluding hydrogens is 941 g/mol. The molecule has 6 atom stereocenters. The molecule has 9 rings (SSSR count). The van der Waals surface area contributed by atoms with Crippen LogP contribution in [-0.4, -0.2) is 43.1 Å². The summed E-state index contributed by atoms with van der Waals surface area (Å²) in [4.78, 5) is 40.0. The number of hydrogen-bond donors (Lipinski definition) is 0. The minimum Gasteiger partial charge on any atom is -0.744 e. The molecule has 6 aliphatic carbocycles. The molecule has 2 aromatic carbocycles. The molecule has 1 aliphatic heterocycles. The third-order valence-electron chi connectivity index (χ3n) is 11.4. The SMILES string of the molecule is O=C(OC1C2CC3C1OC(=O)C3C2C(=O)Oc1ccc(S(=O)(=O)[O-])c(C2C3CC4CC(C3)CC2C4)c1)c1c(I)ccc(I)c1I. The van der Waals surface area contributed by atoms with Crippen molar-refractivity contribution >= 4 is 95.8 Å². The summed E-state index contributed by atoms with van der Waals surface area (Å²) in [6.07, 6.45) is 4.43. The predicted octanol–water partition coefficient (Wildman–Crippen LogP) is 5.88. The molecule has 0 aromatic heterocycles. The Morgan fingerprint density at radius 1 is 0.867 bits per heavy atom. The van der Waals surface area contributed by atoms with Crippen molar-refractivity contribution in [3.63, 3.8) is 0 Å². The maximum Gasteiger partial charge on any atom is 0.340 e. The molecule has 9 nitrogen and oxygen atoms in total. The van der Waals surface area contributed by atoms with Crippen molar-refractivity contribution in [2.75, 3.05) is 0 Å². The molecule has 6 bridgehead atoms. The number of fused-ring (bicyclic) bond motifs is 1. The molecule has 6 unspecified atom stereocenters. The average molecular weight is 969 g/mol. The lowest BCUT2D eigenvalue weighted by atomic mass is 9.51. The summed E-state index contributed by atoms with van der Waals surface area (Å²) in [5.74, 6) is -1.94. The first kappa shape index (κ1) is 31.2. The Morgan fingerprint density at radius 3 is 2.20 bits per heavy atom. The first-order valence-corrected chi connectivity index (χ1v) is 19.9. The fourth-order valence-electron chi connectivity index (χ4n) is 10.1. The van der Waals surface area contributed by atoms with Crippen LogP contribution in [0.5, 0.6) is 5.75 Å². The van der Waals surface area contributed by atoms with Gasteiger partial charge in [-0.1, -0.05) is 0 Å². The summed E-state index contributed by atoms with van der Waals surface area (Å²) in [6, 6.07) is 7.94. The van der Waals surface area contributed by atoms with Gasteiger partial charge in [0.05, 0.1) is 22.3 Å². The van der Waals surface area contributed by atoms with E-state index in [1.54, 1.807) is 6.07 Å². The normalized spacial score (nSPS) is 37.2. The smallest absolute Gasteiger partial charge is 0.340 e. The summed E-state index contributed by atoms with van der Waals surface area (Å²) < 4.78 is 57.1. The van der Waals surface area contributed by atoms with E-state index in [0.29, 0.717) is 41.2 Å². The summed E-state index contributed by atoms with van der Waals surface area (Å²) in [5.41, 5.74) is 0.891. The van der Waals surface area contributed by atoms with Crippen molar-refractivity contribution in [1.82, 2.24) is 0 Å². The zero-order valence-corrected chi connectivity index (χ0v) is 31.0. The maximum absolute atomic E-state index is 13.9. The van der Waals surface area contributed by atoms with E-state index >= 15 is 0 Å². The molecule has 1 saturated heterocycles. The lowest BCUT2D eigenvalue weighted by molar-refractivity contribution is -0.149. The van der Waals surface area contributed by atoms with Crippen LogP contribution in [0, 0.1) is 58.1 Å². The van der Waals surface area contributed by atoms with Crippen molar-refractivity contribution in [2.45, 2.75) is 61.5 Å². The van der Waals surface area contributed by atoms with E-state index in [-0.39, 0.29) is 22.5 Å². The third-order valence-corrected chi connectivity index (χ3v) is 16.2. The molecule has 13 heteroatoms. The van der Waals surface area contributed by atoms with Gasteiger partial charge in [-0.25, -0.2) is 13.2 Å². The standard InChI is InChI=1S/C32H29I3O9S/c33-20-2-3-21(34)27(35)26(20)32(38)44-29-18-11-19-25(31(37)43-28(19)29)24(18)30(36)42-16-1-4-22(45(39,40)41)17(10-16)23-14-6-12-5-13(8-14)9-15(23)7-12/h1-4,10,12-15,18-19,23-25,28-29H,5-9,11H2,(H,39,40,41)/p-1.